The van der Waals surface area contributed by atoms with Gasteiger partial charge in [0.2, 0.25) is 0 Å². The van der Waals surface area contributed by atoms with Crippen molar-refractivity contribution < 1.29 is 13.5 Å². The molecule has 0 radical (unpaired) electrons. The molecule has 0 saturated carbocycles. The van der Waals surface area contributed by atoms with Gasteiger partial charge in [-0.3, -0.25) is 0 Å². The molecule has 0 aromatic rings. The summed E-state index contributed by atoms with van der Waals surface area (Å²) in [5.41, 5.74) is 1.10. The lowest BCUT2D eigenvalue weighted by Gasteiger charge is -2.36. The van der Waals surface area contributed by atoms with Crippen molar-refractivity contribution in [2.45, 2.75) is 12.5 Å². The van der Waals surface area contributed by atoms with Crippen LogP contribution in [0.25, 0.3) is 0 Å². The molecule has 5 heteroatoms. The van der Waals surface area contributed by atoms with Crippen LogP contribution in [0.15, 0.2) is 22.8 Å². The van der Waals surface area contributed by atoms with Crippen molar-refractivity contribution in [1.82, 2.24) is 4.90 Å². The number of nitrogens with zero attached hydrogens (tertiary/aromatic N) is 1. The molecule has 1 aliphatic carbocycles. The Morgan fingerprint density at radius 1 is 1.64 bits per heavy atom. The summed E-state index contributed by atoms with van der Waals surface area (Å²) in [5.74, 6) is 0. The van der Waals surface area contributed by atoms with Crippen molar-refractivity contribution in [3.05, 3.63) is 22.8 Å². The zero-order chi connectivity index (χ0) is 10.1. The second-order valence-electron chi connectivity index (χ2n) is 3.46. The van der Waals surface area contributed by atoms with Gasteiger partial charge < -0.3 is 14.2 Å². The van der Waals surface area contributed by atoms with Crippen LogP contribution in [-0.2, 0) is 15.8 Å². The summed E-state index contributed by atoms with van der Waals surface area (Å²) in [5, 5.41) is 0. The fraction of sp³-hybridized carbons (Fsp3) is 0.556. The molecule has 14 heavy (non-hydrogen) atoms. The largest absolute Gasteiger partial charge is 0.373 e. The van der Waals surface area contributed by atoms with Crippen LogP contribution >= 0.6 is 0 Å². The molecule has 0 aromatic carbocycles. The molecule has 1 saturated heterocycles. The zero-order valence-electron chi connectivity index (χ0n) is 7.97. The Morgan fingerprint density at radius 3 is 3.14 bits per heavy atom. The summed E-state index contributed by atoms with van der Waals surface area (Å²) in [6.07, 6.45) is 4.08. The number of hydrogen-bond acceptors (Lipinski definition) is 3. The Hall–Kier alpha value is -0.650. The Bertz CT molecular complexity index is 324. The SMILES string of the molecule is CN1CCOC2CC(S(=O)O)=CC=C21. The number of morpholine rings is 1. The van der Waals surface area contributed by atoms with E-state index in [1.165, 1.54) is 0 Å². The lowest BCUT2D eigenvalue weighted by atomic mass is 10.1. The Labute approximate surface area is 85.5 Å². The molecular formula is C9H13NO3S. The summed E-state index contributed by atoms with van der Waals surface area (Å²) in [6, 6.07) is 0. The van der Waals surface area contributed by atoms with E-state index >= 15 is 0 Å². The van der Waals surface area contributed by atoms with Gasteiger partial charge in [0.15, 0.2) is 11.1 Å². The predicted octanol–water partition coefficient (Wildman–Crippen LogP) is 0.710. The van der Waals surface area contributed by atoms with Crippen LogP contribution in [0.1, 0.15) is 6.42 Å². The van der Waals surface area contributed by atoms with Gasteiger partial charge in [0.05, 0.1) is 6.61 Å². The summed E-state index contributed by atoms with van der Waals surface area (Å²) in [7, 11) is 2.01. The second-order valence-corrected chi connectivity index (χ2v) is 4.48. The highest BCUT2D eigenvalue weighted by molar-refractivity contribution is 7.83. The standard InChI is InChI=1S/C9H13NO3S/c1-10-4-5-13-9-6-7(14(11)12)2-3-8(9)10/h2-3,9H,4-6H2,1H3,(H,11,12). The monoisotopic (exact) mass is 215 g/mol. The van der Waals surface area contributed by atoms with E-state index in [-0.39, 0.29) is 6.10 Å². The van der Waals surface area contributed by atoms with E-state index in [2.05, 4.69) is 4.90 Å². The number of ether oxygens (including phenoxy) is 1. The van der Waals surface area contributed by atoms with Crippen molar-refractivity contribution in [3.8, 4) is 0 Å². The maximum absolute atomic E-state index is 10.9. The smallest absolute Gasteiger partial charge is 0.182 e. The van der Waals surface area contributed by atoms with Crippen molar-refractivity contribution in [2.24, 2.45) is 0 Å². The molecule has 78 valence electrons. The Morgan fingerprint density at radius 2 is 2.43 bits per heavy atom. The van der Waals surface area contributed by atoms with E-state index in [1.54, 1.807) is 6.08 Å². The van der Waals surface area contributed by atoms with Crippen molar-refractivity contribution in [1.29, 1.82) is 0 Å². The minimum absolute atomic E-state index is 0.0372. The number of allylic oxidation sites excluding steroid dienone is 2. The highest BCUT2D eigenvalue weighted by Gasteiger charge is 2.27. The summed E-state index contributed by atoms with van der Waals surface area (Å²) in [6.45, 7) is 1.57. The molecule has 1 N–H and O–H groups in total. The van der Waals surface area contributed by atoms with Crippen LogP contribution in [0.5, 0.6) is 0 Å². The molecule has 0 amide bonds. The molecule has 2 aliphatic rings. The average Bonchev–Trinajstić information content (AvgIpc) is 2.17. The van der Waals surface area contributed by atoms with Crippen molar-refractivity contribution >= 4 is 11.1 Å². The first-order chi connectivity index (χ1) is 6.68. The third kappa shape index (κ3) is 1.75. The molecule has 0 bridgehead atoms. The molecule has 1 fully saturated rings. The molecule has 4 nitrogen and oxygen atoms in total. The van der Waals surface area contributed by atoms with Gasteiger partial charge in [0.1, 0.15) is 6.10 Å². The molecule has 1 heterocycles. The molecule has 2 rings (SSSR count). The van der Waals surface area contributed by atoms with Crippen molar-refractivity contribution in [3.63, 3.8) is 0 Å². The van der Waals surface area contributed by atoms with Crippen LogP contribution in [-0.4, -0.2) is 40.0 Å². The van der Waals surface area contributed by atoms with E-state index in [9.17, 15) is 4.21 Å². The Balaban J connectivity index is 2.23. The van der Waals surface area contributed by atoms with Gasteiger partial charge in [0.25, 0.3) is 0 Å². The van der Waals surface area contributed by atoms with E-state index in [1.807, 2.05) is 13.1 Å². The molecule has 2 unspecified atom stereocenters. The second kappa shape index (κ2) is 3.84. The average molecular weight is 215 g/mol. The molecule has 1 aliphatic heterocycles. The molecule has 0 aromatic heterocycles. The summed E-state index contributed by atoms with van der Waals surface area (Å²) < 4.78 is 25.3. The van der Waals surface area contributed by atoms with Crippen LogP contribution < -0.4 is 0 Å². The van der Waals surface area contributed by atoms with Gasteiger partial charge in [-0.15, -0.1) is 0 Å². The number of hydrogen-bond donors (Lipinski definition) is 1. The van der Waals surface area contributed by atoms with Crippen LogP contribution in [0.3, 0.4) is 0 Å². The minimum atomic E-state index is -1.86. The van der Waals surface area contributed by atoms with Gasteiger partial charge in [0, 0.05) is 30.6 Å². The maximum Gasteiger partial charge on any atom is 0.182 e. The van der Waals surface area contributed by atoms with Gasteiger partial charge in [-0.25, -0.2) is 4.21 Å². The van der Waals surface area contributed by atoms with E-state index in [0.717, 1.165) is 12.2 Å². The van der Waals surface area contributed by atoms with Gasteiger partial charge in [-0.2, -0.15) is 0 Å². The Kier molecular flexibility index (Phi) is 2.71. The fourth-order valence-electron chi connectivity index (χ4n) is 1.75. The number of likely N-dealkylation sites (N-methyl/N-ethyl adjacent to an activating group) is 1. The molecule has 2 atom stereocenters. The predicted molar refractivity (Wildman–Crippen MR) is 53.9 cm³/mol. The van der Waals surface area contributed by atoms with Gasteiger partial charge in [-0.05, 0) is 12.2 Å². The summed E-state index contributed by atoms with van der Waals surface area (Å²) >= 11 is -1.86. The van der Waals surface area contributed by atoms with E-state index in [4.69, 9.17) is 9.29 Å². The number of rotatable bonds is 1. The fourth-order valence-corrected chi connectivity index (χ4v) is 2.23. The van der Waals surface area contributed by atoms with Gasteiger partial charge >= 0.3 is 0 Å². The van der Waals surface area contributed by atoms with E-state index < -0.39 is 11.1 Å². The quantitative estimate of drug-likeness (QED) is 0.654. The van der Waals surface area contributed by atoms with Crippen LogP contribution in [0.4, 0.5) is 0 Å². The highest BCUT2D eigenvalue weighted by Crippen LogP contribution is 2.27. The third-order valence-corrected chi connectivity index (χ3v) is 3.32. The normalized spacial score (nSPS) is 29.0. The van der Waals surface area contributed by atoms with Crippen LogP contribution in [0, 0.1) is 0 Å². The lowest BCUT2D eigenvalue weighted by molar-refractivity contribution is 0.0155. The topological polar surface area (TPSA) is 49.8 Å². The van der Waals surface area contributed by atoms with E-state index in [0.29, 0.717) is 17.9 Å². The highest BCUT2D eigenvalue weighted by atomic mass is 32.2. The minimum Gasteiger partial charge on any atom is -0.373 e. The summed E-state index contributed by atoms with van der Waals surface area (Å²) in [4.78, 5) is 2.66. The first-order valence-electron chi connectivity index (χ1n) is 4.53. The van der Waals surface area contributed by atoms with Crippen LogP contribution in [0.2, 0.25) is 0 Å². The lowest BCUT2D eigenvalue weighted by Crippen LogP contribution is -2.39. The number of fused-ring (bicyclic) bond motifs is 1. The molecular weight excluding hydrogens is 202 g/mol. The van der Waals surface area contributed by atoms with Gasteiger partial charge in [-0.1, -0.05) is 0 Å². The molecule has 0 spiro atoms. The third-order valence-electron chi connectivity index (χ3n) is 2.57. The zero-order valence-corrected chi connectivity index (χ0v) is 8.79. The first-order valence-corrected chi connectivity index (χ1v) is 5.63. The van der Waals surface area contributed by atoms with Crippen molar-refractivity contribution in [2.75, 3.05) is 20.2 Å². The first kappa shape index (κ1) is 9.89. The maximum atomic E-state index is 10.9.